The van der Waals surface area contributed by atoms with E-state index >= 15 is 0 Å². The summed E-state index contributed by atoms with van der Waals surface area (Å²) in [6.45, 7) is 5.40. The molecule has 0 amide bonds. The van der Waals surface area contributed by atoms with Gasteiger partial charge in [-0.25, -0.2) is 12.7 Å². The molecule has 1 N–H and O–H groups in total. The Labute approximate surface area is 98.7 Å². The molecule has 0 aromatic heterocycles. The molecule has 5 heteroatoms. The van der Waals surface area contributed by atoms with Crippen molar-refractivity contribution in [3.05, 3.63) is 0 Å². The lowest BCUT2D eigenvalue weighted by atomic mass is 10.00. The zero-order valence-electron chi connectivity index (χ0n) is 10.2. The van der Waals surface area contributed by atoms with E-state index in [9.17, 15) is 8.42 Å². The van der Waals surface area contributed by atoms with Crippen LogP contribution in [0.4, 0.5) is 0 Å². The van der Waals surface area contributed by atoms with Crippen LogP contribution in [-0.2, 0) is 10.0 Å². The van der Waals surface area contributed by atoms with Crippen LogP contribution in [0.15, 0.2) is 0 Å². The van der Waals surface area contributed by atoms with Crippen molar-refractivity contribution in [3.8, 4) is 0 Å². The maximum Gasteiger partial charge on any atom is 0.214 e. The van der Waals surface area contributed by atoms with Crippen molar-refractivity contribution in [2.45, 2.75) is 33.1 Å². The number of rotatable bonds is 5. The smallest absolute Gasteiger partial charge is 0.214 e. The first kappa shape index (κ1) is 13.9. The summed E-state index contributed by atoms with van der Waals surface area (Å²) in [5.41, 5.74) is 0. The fraction of sp³-hybridized carbons (Fsp3) is 1.00. The number of hydrogen-bond donors (Lipinski definition) is 1. The SMILES string of the molecule is CC(C)CCS(=O)(=O)N1CCC(CO)CC1. The van der Waals surface area contributed by atoms with Gasteiger partial charge in [0.1, 0.15) is 0 Å². The van der Waals surface area contributed by atoms with Gasteiger partial charge in [-0.15, -0.1) is 0 Å². The second kappa shape index (κ2) is 5.98. The van der Waals surface area contributed by atoms with Crippen molar-refractivity contribution < 1.29 is 13.5 Å². The molecule has 0 spiro atoms. The second-order valence-electron chi connectivity index (χ2n) is 5.02. The normalized spacial score (nSPS) is 20.5. The summed E-state index contributed by atoms with van der Waals surface area (Å²) < 4.78 is 25.5. The summed E-state index contributed by atoms with van der Waals surface area (Å²) in [7, 11) is -3.06. The Kier molecular flexibility index (Phi) is 5.21. The highest BCUT2D eigenvalue weighted by Gasteiger charge is 2.27. The standard InChI is InChI=1S/C11H23NO3S/c1-10(2)5-8-16(14,15)12-6-3-11(9-13)4-7-12/h10-11,13H,3-9H2,1-2H3. The van der Waals surface area contributed by atoms with Crippen LogP contribution in [-0.4, -0.2) is 43.3 Å². The van der Waals surface area contributed by atoms with Gasteiger partial charge >= 0.3 is 0 Å². The Hall–Kier alpha value is -0.130. The van der Waals surface area contributed by atoms with E-state index in [4.69, 9.17) is 5.11 Å². The van der Waals surface area contributed by atoms with Crippen molar-refractivity contribution in [1.82, 2.24) is 4.31 Å². The maximum atomic E-state index is 11.9. The van der Waals surface area contributed by atoms with Gasteiger partial charge in [0, 0.05) is 19.7 Å². The Balaban J connectivity index is 2.45. The topological polar surface area (TPSA) is 57.6 Å². The van der Waals surface area contributed by atoms with E-state index in [1.165, 1.54) is 0 Å². The molecule has 0 atom stereocenters. The zero-order chi connectivity index (χ0) is 12.2. The van der Waals surface area contributed by atoms with Crippen LogP contribution in [0.5, 0.6) is 0 Å². The highest BCUT2D eigenvalue weighted by molar-refractivity contribution is 7.89. The molecule has 4 nitrogen and oxygen atoms in total. The van der Waals surface area contributed by atoms with Crippen LogP contribution < -0.4 is 0 Å². The monoisotopic (exact) mass is 249 g/mol. The summed E-state index contributed by atoms with van der Waals surface area (Å²) in [4.78, 5) is 0. The molecule has 0 unspecified atom stereocenters. The molecule has 0 bridgehead atoms. The van der Waals surface area contributed by atoms with Gasteiger partial charge in [0.15, 0.2) is 0 Å². The van der Waals surface area contributed by atoms with E-state index in [0.29, 0.717) is 19.0 Å². The van der Waals surface area contributed by atoms with Crippen LogP contribution in [0.1, 0.15) is 33.1 Å². The maximum absolute atomic E-state index is 11.9. The summed E-state index contributed by atoms with van der Waals surface area (Å²) >= 11 is 0. The number of hydrogen-bond acceptors (Lipinski definition) is 3. The number of aliphatic hydroxyl groups excluding tert-OH is 1. The molecule has 1 heterocycles. The third-order valence-corrected chi connectivity index (χ3v) is 5.08. The predicted octanol–water partition coefficient (Wildman–Crippen LogP) is 1.07. The molecule has 96 valence electrons. The largest absolute Gasteiger partial charge is 0.396 e. The molecule has 1 aliphatic rings. The summed E-state index contributed by atoms with van der Waals surface area (Å²) in [5.74, 6) is 0.968. The molecular formula is C11H23NO3S. The summed E-state index contributed by atoms with van der Waals surface area (Å²) in [6, 6.07) is 0. The predicted molar refractivity (Wildman–Crippen MR) is 64.6 cm³/mol. The molecule has 1 saturated heterocycles. The third kappa shape index (κ3) is 4.03. The van der Waals surface area contributed by atoms with E-state index in [2.05, 4.69) is 0 Å². The van der Waals surface area contributed by atoms with Gasteiger partial charge in [-0.1, -0.05) is 13.8 Å². The molecule has 1 fully saturated rings. The lowest BCUT2D eigenvalue weighted by Crippen LogP contribution is -2.40. The highest BCUT2D eigenvalue weighted by Crippen LogP contribution is 2.20. The van der Waals surface area contributed by atoms with Crippen molar-refractivity contribution in [1.29, 1.82) is 0 Å². The average Bonchev–Trinajstić information content (AvgIpc) is 2.27. The van der Waals surface area contributed by atoms with Gasteiger partial charge in [0.2, 0.25) is 10.0 Å². The van der Waals surface area contributed by atoms with Crippen molar-refractivity contribution in [3.63, 3.8) is 0 Å². The van der Waals surface area contributed by atoms with Gasteiger partial charge in [-0.3, -0.25) is 0 Å². The summed E-state index contributed by atoms with van der Waals surface area (Å²) in [5, 5.41) is 8.99. The van der Waals surface area contributed by atoms with Crippen molar-refractivity contribution >= 4 is 10.0 Å². The Morgan fingerprint density at radius 3 is 2.31 bits per heavy atom. The number of nitrogens with zero attached hydrogens (tertiary/aromatic N) is 1. The minimum Gasteiger partial charge on any atom is -0.396 e. The van der Waals surface area contributed by atoms with Crippen LogP contribution in [0.25, 0.3) is 0 Å². The van der Waals surface area contributed by atoms with Crippen LogP contribution in [0.3, 0.4) is 0 Å². The Morgan fingerprint density at radius 1 is 1.31 bits per heavy atom. The van der Waals surface area contributed by atoms with Gasteiger partial charge in [-0.05, 0) is 31.1 Å². The minimum atomic E-state index is -3.06. The molecule has 0 aromatic rings. The summed E-state index contributed by atoms with van der Waals surface area (Å²) in [6.07, 6.45) is 2.30. The fourth-order valence-corrected chi connectivity index (χ4v) is 3.68. The van der Waals surface area contributed by atoms with E-state index in [-0.39, 0.29) is 18.3 Å². The molecule has 1 rings (SSSR count). The van der Waals surface area contributed by atoms with E-state index in [0.717, 1.165) is 19.3 Å². The first-order valence-electron chi connectivity index (χ1n) is 6.04. The number of aliphatic hydroxyl groups is 1. The van der Waals surface area contributed by atoms with Crippen LogP contribution in [0.2, 0.25) is 0 Å². The van der Waals surface area contributed by atoms with Crippen LogP contribution in [0, 0.1) is 11.8 Å². The van der Waals surface area contributed by atoms with Gasteiger partial charge in [0.25, 0.3) is 0 Å². The highest BCUT2D eigenvalue weighted by atomic mass is 32.2. The van der Waals surface area contributed by atoms with E-state index in [1.807, 2.05) is 13.8 Å². The molecular weight excluding hydrogens is 226 g/mol. The van der Waals surface area contributed by atoms with Crippen molar-refractivity contribution in [2.75, 3.05) is 25.4 Å². The third-order valence-electron chi connectivity index (χ3n) is 3.18. The number of piperidine rings is 1. The molecule has 1 aliphatic heterocycles. The molecule has 0 aliphatic carbocycles. The Bertz CT molecular complexity index is 292. The van der Waals surface area contributed by atoms with E-state index in [1.54, 1.807) is 4.31 Å². The zero-order valence-corrected chi connectivity index (χ0v) is 11.0. The van der Waals surface area contributed by atoms with Gasteiger partial charge < -0.3 is 5.11 Å². The molecule has 0 saturated carbocycles. The molecule has 16 heavy (non-hydrogen) atoms. The second-order valence-corrected chi connectivity index (χ2v) is 7.11. The first-order chi connectivity index (χ1) is 7.45. The van der Waals surface area contributed by atoms with Gasteiger partial charge in [-0.2, -0.15) is 0 Å². The lowest BCUT2D eigenvalue weighted by Gasteiger charge is -2.30. The quantitative estimate of drug-likeness (QED) is 0.793. The van der Waals surface area contributed by atoms with Gasteiger partial charge in [0.05, 0.1) is 5.75 Å². The number of sulfonamides is 1. The van der Waals surface area contributed by atoms with Crippen molar-refractivity contribution in [2.24, 2.45) is 11.8 Å². The molecule has 0 aromatic carbocycles. The average molecular weight is 249 g/mol. The fourth-order valence-electron chi connectivity index (χ4n) is 1.88. The Morgan fingerprint density at radius 2 is 1.88 bits per heavy atom. The molecule has 0 radical (unpaired) electrons. The van der Waals surface area contributed by atoms with E-state index < -0.39 is 10.0 Å². The minimum absolute atomic E-state index is 0.180. The lowest BCUT2D eigenvalue weighted by molar-refractivity contribution is 0.170. The first-order valence-corrected chi connectivity index (χ1v) is 7.65. The van der Waals surface area contributed by atoms with Crippen LogP contribution >= 0.6 is 0 Å².